The lowest BCUT2D eigenvalue weighted by Gasteiger charge is -2.19. The van der Waals surface area contributed by atoms with Crippen molar-refractivity contribution < 1.29 is 0 Å². The molecule has 0 aromatic heterocycles. The van der Waals surface area contributed by atoms with Crippen molar-refractivity contribution in [2.45, 2.75) is 15.7 Å². The number of hydrogen-bond donors (Lipinski definition) is 0. The zero-order valence-corrected chi connectivity index (χ0v) is 15.3. The molecule has 126 valence electrons. The van der Waals surface area contributed by atoms with E-state index in [0.29, 0.717) is 0 Å². The van der Waals surface area contributed by atoms with Crippen molar-refractivity contribution in [3.05, 3.63) is 132 Å². The van der Waals surface area contributed by atoms with Gasteiger partial charge in [-0.1, -0.05) is 103 Å². The summed E-state index contributed by atoms with van der Waals surface area (Å²) in [6, 6.07) is 41.0. The zero-order valence-electron chi connectivity index (χ0n) is 14.5. The van der Waals surface area contributed by atoms with Gasteiger partial charge in [0.15, 0.2) is 0 Å². The third-order valence-corrected chi connectivity index (χ3v) is 5.43. The van der Waals surface area contributed by atoms with Gasteiger partial charge in [-0.15, -0.1) is 0 Å². The van der Waals surface area contributed by atoms with Crippen LogP contribution in [0.5, 0.6) is 0 Å². The molecular formula is C25H20S. The first-order valence-electron chi connectivity index (χ1n) is 8.83. The molecule has 4 aromatic rings. The summed E-state index contributed by atoms with van der Waals surface area (Å²) >= 11 is 1.81. The van der Waals surface area contributed by atoms with E-state index in [1.165, 1.54) is 26.5 Å². The number of hydrogen-bond acceptors (Lipinski definition) is 1. The molecule has 1 heteroatoms. The predicted molar refractivity (Wildman–Crippen MR) is 111 cm³/mol. The molecular weight excluding hydrogens is 332 g/mol. The maximum atomic E-state index is 2.32. The van der Waals surface area contributed by atoms with Gasteiger partial charge in [-0.25, -0.2) is 0 Å². The molecule has 0 N–H and O–H groups in total. The highest BCUT2D eigenvalue weighted by molar-refractivity contribution is 7.99. The second-order valence-corrected chi connectivity index (χ2v) is 7.39. The minimum atomic E-state index is 0.244. The van der Waals surface area contributed by atoms with Crippen LogP contribution in [0.2, 0.25) is 0 Å². The van der Waals surface area contributed by atoms with Gasteiger partial charge in [-0.05, 0) is 41.0 Å². The minimum absolute atomic E-state index is 0.244. The van der Waals surface area contributed by atoms with Crippen LogP contribution in [-0.4, -0.2) is 0 Å². The predicted octanol–water partition coefficient (Wildman–Crippen LogP) is 7.02. The lowest BCUT2D eigenvalue weighted by molar-refractivity contribution is 0.970. The van der Waals surface area contributed by atoms with Crippen LogP contribution in [-0.2, 0) is 0 Å². The molecule has 26 heavy (non-hydrogen) atoms. The number of rotatable bonds is 5. The Labute approximate surface area is 159 Å². The quantitative estimate of drug-likeness (QED) is 0.348. The molecule has 4 rings (SSSR count). The molecule has 0 bridgehead atoms. The Morgan fingerprint density at radius 3 is 1.46 bits per heavy atom. The average molecular weight is 353 g/mol. The highest BCUT2D eigenvalue weighted by Gasteiger charge is 2.16. The van der Waals surface area contributed by atoms with Gasteiger partial charge in [0.05, 0.1) is 0 Å². The van der Waals surface area contributed by atoms with Crippen LogP contribution in [0.25, 0.3) is 0 Å². The standard InChI is InChI=1S/C25H20S/c1-4-11-20(12-5-1)25(21-13-6-2-7-14-21)22-15-10-18-24(19-22)26-23-16-8-3-9-17-23/h1-19,25H. The second-order valence-electron chi connectivity index (χ2n) is 6.24. The molecule has 0 spiro atoms. The first kappa shape index (κ1) is 16.7. The van der Waals surface area contributed by atoms with E-state index in [9.17, 15) is 0 Å². The summed E-state index contributed by atoms with van der Waals surface area (Å²) in [7, 11) is 0. The van der Waals surface area contributed by atoms with Crippen molar-refractivity contribution in [2.24, 2.45) is 0 Å². The van der Waals surface area contributed by atoms with Crippen LogP contribution in [0.15, 0.2) is 125 Å². The van der Waals surface area contributed by atoms with Gasteiger partial charge in [-0.3, -0.25) is 0 Å². The maximum absolute atomic E-state index is 2.32. The van der Waals surface area contributed by atoms with Gasteiger partial charge in [0.25, 0.3) is 0 Å². The Morgan fingerprint density at radius 2 is 0.885 bits per heavy atom. The summed E-state index contributed by atoms with van der Waals surface area (Å²) in [6.07, 6.45) is 0. The van der Waals surface area contributed by atoms with Crippen molar-refractivity contribution in [3.63, 3.8) is 0 Å². The smallest absolute Gasteiger partial charge is 0.0340 e. The van der Waals surface area contributed by atoms with E-state index < -0.39 is 0 Å². The van der Waals surface area contributed by atoms with E-state index in [1.54, 1.807) is 0 Å². The fourth-order valence-electron chi connectivity index (χ4n) is 3.25. The topological polar surface area (TPSA) is 0 Å². The molecule has 0 aliphatic heterocycles. The van der Waals surface area contributed by atoms with Crippen molar-refractivity contribution in [1.82, 2.24) is 0 Å². The maximum Gasteiger partial charge on any atom is 0.0340 e. The summed E-state index contributed by atoms with van der Waals surface area (Å²) in [4.78, 5) is 2.53. The van der Waals surface area contributed by atoms with Crippen LogP contribution in [0.3, 0.4) is 0 Å². The fourth-order valence-corrected chi connectivity index (χ4v) is 4.16. The third kappa shape index (κ3) is 3.89. The molecule has 0 fully saturated rings. The molecule has 0 saturated carbocycles. The highest BCUT2D eigenvalue weighted by atomic mass is 32.2. The van der Waals surface area contributed by atoms with Crippen molar-refractivity contribution >= 4 is 11.8 Å². The summed E-state index contributed by atoms with van der Waals surface area (Å²) < 4.78 is 0. The van der Waals surface area contributed by atoms with E-state index in [-0.39, 0.29) is 5.92 Å². The normalized spacial score (nSPS) is 10.8. The summed E-state index contributed by atoms with van der Waals surface area (Å²) in [5, 5.41) is 0. The van der Waals surface area contributed by atoms with E-state index >= 15 is 0 Å². The Morgan fingerprint density at radius 1 is 0.423 bits per heavy atom. The molecule has 0 amide bonds. The lowest BCUT2D eigenvalue weighted by Crippen LogP contribution is -2.03. The zero-order chi connectivity index (χ0) is 17.6. The summed E-state index contributed by atoms with van der Waals surface area (Å²) in [5.74, 6) is 0.244. The Kier molecular flexibility index (Phi) is 5.18. The molecule has 0 radical (unpaired) electrons. The monoisotopic (exact) mass is 352 g/mol. The van der Waals surface area contributed by atoms with Crippen molar-refractivity contribution in [2.75, 3.05) is 0 Å². The van der Waals surface area contributed by atoms with E-state index in [4.69, 9.17) is 0 Å². The minimum Gasteiger partial charge on any atom is -0.0901 e. The van der Waals surface area contributed by atoms with Crippen LogP contribution in [0.4, 0.5) is 0 Å². The van der Waals surface area contributed by atoms with Gasteiger partial charge < -0.3 is 0 Å². The Hall–Kier alpha value is -2.77. The van der Waals surface area contributed by atoms with E-state index in [1.807, 2.05) is 11.8 Å². The van der Waals surface area contributed by atoms with Gasteiger partial charge in [0.2, 0.25) is 0 Å². The van der Waals surface area contributed by atoms with Gasteiger partial charge >= 0.3 is 0 Å². The second kappa shape index (κ2) is 8.07. The first-order chi connectivity index (χ1) is 12.9. The van der Waals surface area contributed by atoms with Crippen LogP contribution < -0.4 is 0 Å². The summed E-state index contributed by atoms with van der Waals surface area (Å²) in [6.45, 7) is 0. The highest BCUT2D eigenvalue weighted by Crippen LogP contribution is 2.35. The molecule has 0 aliphatic rings. The lowest BCUT2D eigenvalue weighted by atomic mass is 9.85. The van der Waals surface area contributed by atoms with Gasteiger partial charge in [0, 0.05) is 15.7 Å². The molecule has 0 unspecified atom stereocenters. The van der Waals surface area contributed by atoms with Gasteiger partial charge in [-0.2, -0.15) is 0 Å². The molecule has 0 nitrogen and oxygen atoms in total. The molecule has 0 aliphatic carbocycles. The van der Waals surface area contributed by atoms with Crippen LogP contribution >= 0.6 is 11.8 Å². The third-order valence-electron chi connectivity index (χ3n) is 4.44. The van der Waals surface area contributed by atoms with Crippen molar-refractivity contribution in [3.8, 4) is 0 Å². The number of benzene rings is 4. The van der Waals surface area contributed by atoms with E-state index in [2.05, 4.69) is 115 Å². The van der Waals surface area contributed by atoms with Gasteiger partial charge in [0.1, 0.15) is 0 Å². The van der Waals surface area contributed by atoms with Crippen LogP contribution in [0, 0.1) is 0 Å². The SMILES string of the molecule is c1ccc(Sc2cccc(C(c3ccccc3)c3ccccc3)c2)cc1. The molecule has 0 saturated heterocycles. The average Bonchev–Trinajstić information content (AvgIpc) is 2.71. The largest absolute Gasteiger partial charge is 0.0901 e. The van der Waals surface area contributed by atoms with Crippen LogP contribution in [0.1, 0.15) is 22.6 Å². The fraction of sp³-hybridized carbons (Fsp3) is 0.0400. The first-order valence-corrected chi connectivity index (χ1v) is 9.64. The Bertz CT molecular complexity index is 907. The Balaban J connectivity index is 1.73. The molecule has 4 aromatic carbocycles. The summed E-state index contributed by atoms with van der Waals surface area (Å²) in [5.41, 5.74) is 3.96. The van der Waals surface area contributed by atoms with Crippen molar-refractivity contribution in [1.29, 1.82) is 0 Å². The molecule has 0 atom stereocenters. The van der Waals surface area contributed by atoms with E-state index in [0.717, 1.165) is 0 Å². The molecule has 0 heterocycles.